The standard InChI is InChI=1S/C12H25N3O3S/c1-12(2,3)19(17,18)15-8-4-5-10(9-15)11(16)14-7-6-13/h10H,4-9,13H2,1-3H3,(H,14,16). The molecule has 1 aliphatic rings. The third-order valence-corrected chi connectivity index (χ3v) is 5.87. The minimum Gasteiger partial charge on any atom is -0.355 e. The van der Waals surface area contributed by atoms with E-state index >= 15 is 0 Å². The van der Waals surface area contributed by atoms with E-state index in [1.807, 2.05) is 0 Å². The van der Waals surface area contributed by atoms with Gasteiger partial charge in [0, 0.05) is 26.2 Å². The molecule has 112 valence electrons. The summed E-state index contributed by atoms with van der Waals surface area (Å²) < 4.78 is 25.3. The molecule has 0 saturated carbocycles. The third-order valence-electron chi connectivity index (χ3n) is 3.31. The summed E-state index contributed by atoms with van der Waals surface area (Å²) in [4.78, 5) is 11.9. The number of nitrogens with zero attached hydrogens (tertiary/aromatic N) is 1. The Hall–Kier alpha value is -0.660. The second-order valence-corrected chi connectivity index (χ2v) is 8.59. The van der Waals surface area contributed by atoms with Gasteiger partial charge in [-0.05, 0) is 33.6 Å². The average molecular weight is 291 g/mol. The maximum atomic E-state index is 12.4. The van der Waals surface area contributed by atoms with Crippen LogP contribution in [-0.4, -0.2) is 49.6 Å². The van der Waals surface area contributed by atoms with Gasteiger partial charge in [0.05, 0.1) is 10.7 Å². The fourth-order valence-corrected chi connectivity index (χ4v) is 3.62. The summed E-state index contributed by atoms with van der Waals surface area (Å²) in [6.45, 7) is 6.64. The van der Waals surface area contributed by atoms with Gasteiger partial charge in [-0.25, -0.2) is 12.7 Å². The van der Waals surface area contributed by atoms with Gasteiger partial charge in [0.15, 0.2) is 0 Å². The number of nitrogens with one attached hydrogen (secondary N) is 1. The fourth-order valence-electron chi connectivity index (χ4n) is 2.10. The van der Waals surface area contributed by atoms with Crippen LogP contribution in [0.1, 0.15) is 33.6 Å². The molecule has 0 bridgehead atoms. The number of sulfonamides is 1. The molecule has 0 spiro atoms. The van der Waals surface area contributed by atoms with Crippen LogP contribution in [0.2, 0.25) is 0 Å². The zero-order valence-corrected chi connectivity index (χ0v) is 12.8. The first-order valence-electron chi connectivity index (χ1n) is 6.67. The van der Waals surface area contributed by atoms with Crippen LogP contribution < -0.4 is 11.1 Å². The molecule has 0 radical (unpaired) electrons. The molecule has 0 aromatic rings. The maximum absolute atomic E-state index is 12.4. The van der Waals surface area contributed by atoms with Crippen molar-refractivity contribution in [3.05, 3.63) is 0 Å². The van der Waals surface area contributed by atoms with Crippen LogP contribution in [0.4, 0.5) is 0 Å². The molecule has 0 aromatic heterocycles. The lowest BCUT2D eigenvalue weighted by Crippen LogP contribution is -2.50. The van der Waals surface area contributed by atoms with Gasteiger partial charge >= 0.3 is 0 Å². The number of carbonyl (C=O) groups excluding carboxylic acids is 1. The number of hydrogen-bond acceptors (Lipinski definition) is 4. The summed E-state index contributed by atoms with van der Waals surface area (Å²) in [6.07, 6.45) is 1.45. The van der Waals surface area contributed by atoms with Crippen LogP contribution in [0.25, 0.3) is 0 Å². The zero-order chi connectivity index (χ0) is 14.7. The molecule has 1 rings (SSSR count). The minimum absolute atomic E-state index is 0.0979. The lowest BCUT2D eigenvalue weighted by molar-refractivity contribution is -0.126. The molecule has 1 aliphatic heterocycles. The molecule has 1 amide bonds. The van der Waals surface area contributed by atoms with Crippen molar-refractivity contribution >= 4 is 15.9 Å². The first kappa shape index (κ1) is 16.4. The molecule has 7 heteroatoms. The SMILES string of the molecule is CC(C)(C)S(=O)(=O)N1CCCC(C(=O)NCCN)C1. The molecule has 19 heavy (non-hydrogen) atoms. The molecular weight excluding hydrogens is 266 g/mol. The van der Waals surface area contributed by atoms with Crippen LogP contribution in [0, 0.1) is 5.92 Å². The van der Waals surface area contributed by atoms with Gasteiger partial charge in [0.2, 0.25) is 15.9 Å². The number of rotatable bonds is 4. The van der Waals surface area contributed by atoms with Crippen LogP contribution in [0.3, 0.4) is 0 Å². The molecule has 1 atom stereocenters. The van der Waals surface area contributed by atoms with Crippen LogP contribution in [-0.2, 0) is 14.8 Å². The summed E-state index contributed by atoms with van der Waals surface area (Å²) >= 11 is 0. The molecule has 1 fully saturated rings. The van der Waals surface area contributed by atoms with E-state index in [1.165, 1.54) is 4.31 Å². The summed E-state index contributed by atoms with van der Waals surface area (Å²) in [7, 11) is -3.36. The highest BCUT2D eigenvalue weighted by molar-refractivity contribution is 7.90. The van der Waals surface area contributed by atoms with E-state index in [9.17, 15) is 13.2 Å². The van der Waals surface area contributed by atoms with Gasteiger partial charge in [-0.3, -0.25) is 4.79 Å². The number of nitrogens with two attached hydrogens (primary N) is 1. The molecule has 6 nitrogen and oxygen atoms in total. The minimum atomic E-state index is -3.36. The second-order valence-electron chi connectivity index (χ2n) is 5.89. The van der Waals surface area contributed by atoms with Crippen LogP contribution in [0.5, 0.6) is 0 Å². The summed E-state index contributed by atoms with van der Waals surface area (Å²) in [5.74, 6) is -0.364. The van der Waals surface area contributed by atoms with Crippen molar-refractivity contribution in [2.24, 2.45) is 11.7 Å². The molecule has 1 unspecified atom stereocenters. The van der Waals surface area contributed by atoms with Crippen LogP contribution in [0.15, 0.2) is 0 Å². The molecule has 1 saturated heterocycles. The van der Waals surface area contributed by atoms with Crippen molar-refractivity contribution in [1.29, 1.82) is 0 Å². The average Bonchev–Trinajstić information content (AvgIpc) is 2.34. The Labute approximate surface area is 115 Å². The van der Waals surface area contributed by atoms with Crippen molar-refractivity contribution in [3.8, 4) is 0 Å². The fraction of sp³-hybridized carbons (Fsp3) is 0.917. The van der Waals surface area contributed by atoms with Gasteiger partial charge in [-0.2, -0.15) is 0 Å². The van der Waals surface area contributed by atoms with Crippen LogP contribution >= 0.6 is 0 Å². The largest absolute Gasteiger partial charge is 0.355 e. The Bertz CT molecular complexity index is 414. The third kappa shape index (κ3) is 3.90. The Morgan fingerprint density at radius 1 is 1.42 bits per heavy atom. The van der Waals surface area contributed by atoms with E-state index in [0.29, 0.717) is 19.6 Å². The summed E-state index contributed by atoms with van der Waals surface area (Å²) in [6, 6.07) is 0. The number of piperidine rings is 1. The quantitative estimate of drug-likeness (QED) is 0.756. The van der Waals surface area contributed by atoms with E-state index in [2.05, 4.69) is 5.32 Å². The Morgan fingerprint density at radius 2 is 2.05 bits per heavy atom. The number of hydrogen-bond donors (Lipinski definition) is 2. The highest BCUT2D eigenvalue weighted by Crippen LogP contribution is 2.26. The van der Waals surface area contributed by atoms with Gasteiger partial charge in [0.25, 0.3) is 0 Å². The van der Waals surface area contributed by atoms with E-state index in [-0.39, 0.29) is 18.4 Å². The molecular formula is C12H25N3O3S. The Balaban J connectivity index is 2.73. The normalized spacial score (nSPS) is 22.2. The summed E-state index contributed by atoms with van der Waals surface area (Å²) in [5, 5.41) is 2.73. The van der Waals surface area contributed by atoms with E-state index in [1.54, 1.807) is 20.8 Å². The molecule has 0 aromatic carbocycles. The van der Waals surface area contributed by atoms with Gasteiger partial charge in [-0.15, -0.1) is 0 Å². The zero-order valence-electron chi connectivity index (χ0n) is 12.0. The predicted octanol–water partition coefficient (Wildman–Crippen LogP) is -0.0984. The van der Waals surface area contributed by atoms with Crippen molar-refractivity contribution in [2.75, 3.05) is 26.2 Å². The molecule has 0 aliphatic carbocycles. The second kappa shape index (κ2) is 6.19. The molecule has 1 heterocycles. The first-order valence-corrected chi connectivity index (χ1v) is 8.11. The highest BCUT2D eigenvalue weighted by Gasteiger charge is 2.39. The van der Waals surface area contributed by atoms with E-state index in [4.69, 9.17) is 5.73 Å². The van der Waals surface area contributed by atoms with E-state index in [0.717, 1.165) is 12.8 Å². The Kier molecular flexibility index (Phi) is 5.34. The Morgan fingerprint density at radius 3 is 2.58 bits per heavy atom. The monoisotopic (exact) mass is 291 g/mol. The predicted molar refractivity (Wildman–Crippen MR) is 75.0 cm³/mol. The first-order chi connectivity index (χ1) is 8.70. The van der Waals surface area contributed by atoms with Gasteiger partial charge < -0.3 is 11.1 Å². The van der Waals surface area contributed by atoms with Crippen molar-refractivity contribution in [3.63, 3.8) is 0 Å². The smallest absolute Gasteiger partial charge is 0.224 e. The van der Waals surface area contributed by atoms with E-state index < -0.39 is 14.8 Å². The van der Waals surface area contributed by atoms with Crippen molar-refractivity contribution < 1.29 is 13.2 Å². The number of carbonyl (C=O) groups is 1. The lowest BCUT2D eigenvalue weighted by Gasteiger charge is -2.35. The topological polar surface area (TPSA) is 92.5 Å². The van der Waals surface area contributed by atoms with Crippen molar-refractivity contribution in [2.45, 2.75) is 38.4 Å². The van der Waals surface area contributed by atoms with Crippen molar-refractivity contribution in [1.82, 2.24) is 9.62 Å². The summed E-state index contributed by atoms with van der Waals surface area (Å²) in [5.41, 5.74) is 5.34. The number of amides is 1. The van der Waals surface area contributed by atoms with Gasteiger partial charge in [0.1, 0.15) is 0 Å². The van der Waals surface area contributed by atoms with Gasteiger partial charge in [-0.1, -0.05) is 0 Å². The maximum Gasteiger partial charge on any atom is 0.224 e. The lowest BCUT2D eigenvalue weighted by atomic mass is 9.99. The molecule has 3 N–H and O–H groups in total. The highest BCUT2D eigenvalue weighted by atomic mass is 32.2.